The van der Waals surface area contributed by atoms with Crippen molar-refractivity contribution in [3.8, 4) is 5.75 Å². The van der Waals surface area contributed by atoms with E-state index < -0.39 is 5.25 Å². The number of benzene rings is 1. The maximum absolute atomic E-state index is 12.4. The Hall–Kier alpha value is -1.16. The first-order valence-corrected chi connectivity index (χ1v) is 7.17. The predicted octanol–water partition coefficient (Wildman–Crippen LogP) is 3.04. The minimum Gasteiger partial charge on any atom is -0.487 e. The van der Waals surface area contributed by atoms with E-state index in [-0.39, 0.29) is 12.0 Å². The first-order chi connectivity index (χ1) is 8.88. The molecule has 0 aromatic heterocycles. The monoisotopic (exact) mass is 279 g/mol. The number of hydrogen-bond donors (Lipinski definition) is 1. The average molecular weight is 279 g/mol. The summed E-state index contributed by atoms with van der Waals surface area (Å²) in [6, 6.07) is 2.04. The number of ether oxygens (including phenoxy) is 1. The van der Waals surface area contributed by atoms with Gasteiger partial charge in [0.1, 0.15) is 17.1 Å². The fraction of sp³-hybridized carbons (Fsp3) is 0.533. The van der Waals surface area contributed by atoms with Crippen LogP contribution >= 0.6 is 12.6 Å². The molecule has 0 spiro atoms. The van der Waals surface area contributed by atoms with Crippen molar-refractivity contribution in [3.63, 3.8) is 0 Å². The summed E-state index contributed by atoms with van der Waals surface area (Å²) in [5.41, 5.74) is 4.37. The Bertz CT molecular complexity index is 527. The molecule has 3 nitrogen and oxygen atoms in total. The lowest BCUT2D eigenvalue weighted by atomic mass is 10.0. The number of nitrogens with zero attached hydrogens (tertiary/aromatic N) is 1. The molecular weight excluding hydrogens is 258 g/mol. The van der Waals surface area contributed by atoms with Crippen molar-refractivity contribution in [2.45, 2.75) is 46.0 Å². The Morgan fingerprint density at radius 3 is 2.53 bits per heavy atom. The van der Waals surface area contributed by atoms with Gasteiger partial charge >= 0.3 is 0 Å². The third-order valence-corrected chi connectivity index (χ3v) is 4.60. The van der Waals surface area contributed by atoms with E-state index in [1.54, 1.807) is 4.90 Å². The Morgan fingerprint density at radius 2 is 1.95 bits per heavy atom. The van der Waals surface area contributed by atoms with Crippen molar-refractivity contribution in [1.82, 2.24) is 0 Å². The number of carbonyl (C=O) groups excluding carboxylic acids is 1. The van der Waals surface area contributed by atoms with E-state index in [4.69, 9.17) is 4.74 Å². The van der Waals surface area contributed by atoms with Crippen LogP contribution in [0.4, 0.5) is 5.69 Å². The molecule has 1 aliphatic rings. The highest BCUT2D eigenvalue weighted by molar-refractivity contribution is 7.81. The smallest absolute Gasteiger partial charge is 0.243 e. The lowest BCUT2D eigenvalue weighted by Gasteiger charge is -2.23. The Labute approximate surface area is 120 Å². The quantitative estimate of drug-likeness (QED) is 0.801. The first kappa shape index (κ1) is 14.3. The number of hydrogen-bond acceptors (Lipinski definition) is 3. The molecule has 1 heterocycles. The third kappa shape index (κ3) is 2.22. The van der Waals surface area contributed by atoms with Crippen molar-refractivity contribution < 1.29 is 9.53 Å². The van der Waals surface area contributed by atoms with E-state index in [1.165, 1.54) is 11.1 Å². The van der Waals surface area contributed by atoms with Crippen molar-refractivity contribution in [2.24, 2.45) is 0 Å². The lowest BCUT2D eigenvalue weighted by molar-refractivity contribution is -0.118. The van der Waals surface area contributed by atoms with Crippen LogP contribution < -0.4 is 9.64 Å². The molecule has 1 amide bonds. The topological polar surface area (TPSA) is 29.5 Å². The summed E-state index contributed by atoms with van der Waals surface area (Å²) >= 11 is 4.41. The Morgan fingerprint density at radius 1 is 1.32 bits per heavy atom. The van der Waals surface area contributed by atoms with E-state index >= 15 is 0 Å². The molecule has 0 saturated heterocycles. The van der Waals surface area contributed by atoms with E-state index in [1.807, 2.05) is 26.8 Å². The van der Waals surface area contributed by atoms with Crippen LogP contribution in [-0.4, -0.2) is 23.8 Å². The summed E-state index contributed by atoms with van der Waals surface area (Å²) in [6.45, 7) is 10.7. The molecule has 0 saturated carbocycles. The van der Waals surface area contributed by atoms with Crippen LogP contribution in [0.3, 0.4) is 0 Å². The standard InChI is InChI=1S/C15H21NO2S/c1-6-16-12-7-8(2)9(3)10(4)13(12)18-11(5)14(19)15(16)17/h7,11,14,19H,6H2,1-5H3. The number of carbonyl (C=O) groups is 1. The number of aryl methyl sites for hydroxylation is 1. The number of anilines is 1. The highest BCUT2D eigenvalue weighted by Crippen LogP contribution is 2.39. The van der Waals surface area contributed by atoms with E-state index in [0.717, 1.165) is 17.0 Å². The van der Waals surface area contributed by atoms with Crippen LogP contribution in [0.5, 0.6) is 5.75 Å². The largest absolute Gasteiger partial charge is 0.487 e. The Balaban J connectivity index is 2.68. The SMILES string of the molecule is CCN1C(=O)C(S)C(C)Oc2c1cc(C)c(C)c2C. The van der Waals surface area contributed by atoms with Gasteiger partial charge < -0.3 is 9.64 Å². The first-order valence-electron chi connectivity index (χ1n) is 6.65. The van der Waals surface area contributed by atoms with Gasteiger partial charge in [0.2, 0.25) is 5.91 Å². The molecule has 104 valence electrons. The zero-order valence-corrected chi connectivity index (χ0v) is 13.0. The lowest BCUT2D eigenvalue weighted by Crippen LogP contribution is -2.40. The highest BCUT2D eigenvalue weighted by atomic mass is 32.1. The molecule has 0 bridgehead atoms. The van der Waals surface area contributed by atoms with Crippen LogP contribution in [0.25, 0.3) is 0 Å². The van der Waals surface area contributed by atoms with Crippen LogP contribution in [0.15, 0.2) is 6.07 Å². The molecule has 1 aromatic carbocycles. The highest BCUT2D eigenvalue weighted by Gasteiger charge is 2.34. The average Bonchev–Trinajstić information content (AvgIpc) is 2.47. The van der Waals surface area contributed by atoms with Gasteiger partial charge in [-0.2, -0.15) is 12.6 Å². The van der Waals surface area contributed by atoms with Gasteiger partial charge in [0.25, 0.3) is 0 Å². The van der Waals surface area contributed by atoms with Crippen LogP contribution in [0.1, 0.15) is 30.5 Å². The van der Waals surface area contributed by atoms with E-state index in [2.05, 4.69) is 26.5 Å². The molecule has 4 heteroatoms. The maximum Gasteiger partial charge on any atom is 0.243 e. The normalized spacial score (nSPS) is 22.8. The summed E-state index contributed by atoms with van der Waals surface area (Å²) < 4.78 is 6.00. The molecule has 0 radical (unpaired) electrons. The van der Waals surface area contributed by atoms with Crippen LogP contribution in [-0.2, 0) is 4.79 Å². The van der Waals surface area contributed by atoms with Crippen molar-refractivity contribution in [1.29, 1.82) is 0 Å². The van der Waals surface area contributed by atoms with Crippen molar-refractivity contribution in [3.05, 3.63) is 22.8 Å². The third-order valence-electron chi connectivity index (χ3n) is 3.95. The summed E-state index contributed by atoms with van der Waals surface area (Å²) in [4.78, 5) is 14.2. The number of thiol groups is 1. The second-order valence-electron chi connectivity index (χ2n) is 5.14. The fourth-order valence-electron chi connectivity index (χ4n) is 2.44. The summed E-state index contributed by atoms with van der Waals surface area (Å²) in [6.07, 6.45) is -0.230. The summed E-state index contributed by atoms with van der Waals surface area (Å²) in [7, 11) is 0. The molecule has 1 aromatic rings. The van der Waals surface area contributed by atoms with Gasteiger partial charge in [-0.25, -0.2) is 0 Å². The molecule has 2 rings (SSSR count). The second-order valence-corrected chi connectivity index (χ2v) is 5.70. The number of rotatable bonds is 1. The van der Waals surface area contributed by atoms with Gasteiger partial charge in [0, 0.05) is 6.54 Å². The van der Waals surface area contributed by atoms with Gasteiger partial charge in [0.05, 0.1) is 5.69 Å². The fourth-order valence-corrected chi connectivity index (χ4v) is 2.64. The molecule has 2 unspecified atom stereocenters. The number of fused-ring (bicyclic) bond motifs is 1. The van der Waals surface area contributed by atoms with E-state index in [0.29, 0.717) is 6.54 Å². The zero-order valence-electron chi connectivity index (χ0n) is 12.2. The molecule has 19 heavy (non-hydrogen) atoms. The predicted molar refractivity (Wildman–Crippen MR) is 81.5 cm³/mol. The minimum absolute atomic E-state index is 0.0136. The molecule has 0 fully saturated rings. The van der Waals surface area contributed by atoms with Gasteiger partial charge in [-0.1, -0.05) is 0 Å². The maximum atomic E-state index is 12.4. The Kier molecular flexibility index (Phi) is 3.81. The summed E-state index contributed by atoms with van der Waals surface area (Å²) in [5.74, 6) is 0.835. The van der Waals surface area contributed by atoms with Crippen LogP contribution in [0, 0.1) is 20.8 Å². The van der Waals surface area contributed by atoms with Crippen molar-refractivity contribution >= 4 is 24.2 Å². The molecular formula is C15H21NO2S. The van der Waals surface area contributed by atoms with E-state index in [9.17, 15) is 4.79 Å². The van der Waals surface area contributed by atoms with Crippen molar-refractivity contribution in [2.75, 3.05) is 11.4 Å². The second kappa shape index (κ2) is 5.08. The zero-order chi connectivity index (χ0) is 14.3. The molecule has 0 aliphatic carbocycles. The van der Waals surface area contributed by atoms with Gasteiger partial charge in [-0.3, -0.25) is 4.79 Å². The van der Waals surface area contributed by atoms with Gasteiger partial charge in [-0.15, -0.1) is 0 Å². The molecule has 2 atom stereocenters. The van der Waals surface area contributed by atoms with Crippen LogP contribution in [0.2, 0.25) is 0 Å². The molecule has 1 aliphatic heterocycles. The molecule has 0 N–H and O–H groups in total. The minimum atomic E-state index is -0.424. The number of amides is 1. The van der Waals surface area contributed by atoms with Gasteiger partial charge in [0.15, 0.2) is 0 Å². The van der Waals surface area contributed by atoms with Gasteiger partial charge in [-0.05, 0) is 57.4 Å². The summed E-state index contributed by atoms with van der Waals surface area (Å²) in [5, 5.41) is -0.424.